The topological polar surface area (TPSA) is 60.0 Å². The van der Waals surface area contributed by atoms with Crippen molar-refractivity contribution in [2.75, 3.05) is 13.2 Å². The zero-order chi connectivity index (χ0) is 17.4. The van der Waals surface area contributed by atoms with Gasteiger partial charge in [0.25, 0.3) is 0 Å². The zero-order valence-corrected chi connectivity index (χ0v) is 15.3. The number of rotatable bonds is 4. The molecular formula is C20H27N3O2. The fraction of sp³-hybridized carbons (Fsp3) is 0.600. The second-order valence-electron chi connectivity index (χ2n) is 8.23. The highest BCUT2D eigenvalue weighted by atomic mass is 16.5. The van der Waals surface area contributed by atoms with Crippen LogP contribution in [0.1, 0.15) is 63.6 Å². The zero-order valence-electron chi connectivity index (χ0n) is 15.3. The molecule has 25 heavy (non-hydrogen) atoms. The number of pyridine rings is 1. The molecule has 1 N–H and O–H groups in total. The molecule has 3 heterocycles. The van der Waals surface area contributed by atoms with E-state index in [9.17, 15) is 0 Å². The second kappa shape index (κ2) is 6.45. The Morgan fingerprint density at radius 2 is 1.84 bits per heavy atom. The van der Waals surface area contributed by atoms with Gasteiger partial charge in [-0.25, -0.2) is 0 Å². The van der Waals surface area contributed by atoms with Crippen LogP contribution in [-0.4, -0.2) is 34.5 Å². The molecule has 0 unspecified atom stereocenters. The molecule has 0 radical (unpaired) electrons. The summed E-state index contributed by atoms with van der Waals surface area (Å²) in [6, 6.07) is 4.17. The molecule has 1 saturated heterocycles. The Kier molecular flexibility index (Phi) is 4.28. The molecule has 0 atom stereocenters. The van der Waals surface area contributed by atoms with Crippen LogP contribution in [0.5, 0.6) is 5.75 Å². The van der Waals surface area contributed by atoms with Crippen molar-refractivity contribution in [3.8, 4) is 17.1 Å². The van der Waals surface area contributed by atoms with Gasteiger partial charge in [-0.3, -0.25) is 10.1 Å². The number of ether oxygens (including phenoxy) is 2. The highest BCUT2D eigenvalue weighted by molar-refractivity contribution is 5.58. The van der Waals surface area contributed by atoms with Crippen molar-refractivity contribution in [2.45, 2.75) is 63.9 Å². The van der Waals surface area contributed by atoms with E-state index in [0.29, 0.717) is 5.92 Å². The lowest BCUT2D eigenvalue weighted by molar-refractivity contribution is 0.0252. The van der Waals surface area contributed by atoms with E-state index in [2.05, 4.69) is 48.1 Å². The fourth-order valence-electron chi connectivity index (χ4n) is 3.20. The van der Waals surface area contributed by atoms with Gasteiger partial charge in [-0.1, -0.05) is 20.8 Å². The van der Waals surface area contributed by atoms with Gasteiger partial charge in [0.05, 0.1) is 18.9 Å². The minimum absolute atomic E-state index is 0.0423. The second-order valence-corrected chi connectivity index (χ2v) is 8.23. The first-order valence-electron chi connectivity index (χ1n) is 9.31. The summed E-state index contributed by atoms with van der Waals surface area (Å²) in [5.41, 5.74) is 4.16. The minimum atomic E-state index is 0.0423. The molecule has 0 aromatic carbocycles. The van der Waals surface area contributed by atoms with Gasteiger partial charge >= 0.3 is 0 Å². The predicted octanol–water partition coefficient (Wildman–Crippen LogP) is 4.20. The van der Waals surface area contributed by atoms with Gasteiger partial charge in [0.1, 0.15) is 17.5 Å². The van der Waals surface area contributed by atoms with E-state index in [4.69, 9.17) is 9.47 Å². The SMILES string of the molecule is CC(C)(C)c1cc(-c2cc(OC3CCOCC3)c(C3CC3)cn2)n[nH]1. The Hall–Kier alpha value is -1.88. The molecule has 2 aromatic heterocycles. The lowest BCUT2D eigenvalue weighted by atomic mass is 9.92. The molecule has 0 amide bonds. The molecule has 1 saturated carbocycles. The number of nitrogens with one attached hydrogen (secondary N) is 1. The van der Waals surface area contributed by atoms with Crippen LogP contribution in [0.25, 0.3) is 11.4 Å². The van der Waals surface area contributed by atoms with Crippen LogP contribution in [-0.2, 0) is 10.2 Å². The maximum atomic E-state index is 6.37. The Morgan fingerprint density at radius 1 is 1.08 bits per heavy atom. The van der Waals surface area contributed by atoms with Gasteiger partial charge in [-0.2, -0.15) is 5.10 Å². The molecule has 1 aliphatic carbocycles. The Bertz CT molecular complexity index is 738. The molecule has 2 aromatic rings. The molecule has 134 valence electrons. The summed E-state index contributed by atoms with van der Waals surface area (Å²) in [6.45, 7) is 8.10. The standard InChI is InChI=1S/C20H27N3O2/c1-20(2,3)19-11-17(22-23-19)16-10-18(15(12-21-16)13-4-5-13)25-14-6-8-24-9-7-14/h10-14H,4-9H2,1-3H3,(H,22,23). The van der Waals surface area contributed by atoms with Crippen molar-refractivity contribution in [2.24, 2.45) is 0 Å². The van der Waals surface area contributed by atoms with Crippen molar-refractivity contribution in [3.05, 3.63) is 29.6 Å². The first-order valence-corrected chi connectivity index (χ1v) is 9.31. The van der Waals surface area contributed by atoms with Crippen LogP contribution in [0.15, 0.2) is 18.3 Å². The first-order chi connectivity index (χ1) is 12.0. The average Bonchev–Trinajstić information content (AvgIpc) is 3.30. The normalized spacial score (nSPS) is 19.2. The molecule has 2 aliphatic rings. The average molecular weight is 341 g/mol. The van der Waals surface area contributed by atoms with Crippen molar-refractivity contribution >= 4 is 0 Å². The molecule has 0 spiro atoms. The molecule has 4 rings (SSSR count). The van der Waals surface area contributed by atoms with E-state index in [0.717, 1.165) is 48.9 Å². The Labute approximate surface area is 149 Å². The monoisotopic (exact) mass is 341 g/mol. The third-order valence-electron chi connectivity index (χ3n) is 5.02. The van der Waals surface area contributed by atoms with Crippen LogP contribution in [0.2, 0.25) is 0 Å². The van der Waals surface area contributed by atoms with Crippen molar-refractivity contribution in [3.63, 3.8) is 0 Å². The van der Waals surface area contributed by atoms with Crippen LogP contribution in [0, 0.1) is 0 Å². The number of H-pyrrole nitrogens is 1. The summed E-state index contributed by atoms with van der Waals surface area (Å²) in [5, 5.41) is 7.62. The summed E-state index contributed by atoms with van der Waals surface area (Å²) in [4.78, 5) is 4.67. The largest absolute Gasteiger partial charge is 0.490 e. The molecule has 5 nitrogen and oxygen atoms in total. The van der Waals surface area contributed by atoms with Crippen LogP contribution in [0.4, 0.5) is 0 Å². The third-order valence-corrected chi connectivity index (χ3v) is 5.02. The molecule has 2 fully saturated rings. The van der Waals surface area contributed by atoms with Gasteiger partial charge in [-0.15, -0.1) is 0 Å². The maximum absolute atomic E-state index is 6.37. The van der Waals surface area contributed by atoms with E-state index < -0.39 is 0 Å². The van der Waals surface area contributed by atoms with Crippen molar-refractivity contribution < 1.29 is 9.47 Å². The summed E-state index contributed by atoms with van der Waals surface area (Å²) >= 11 is 0. The van der Waals surface area contributed by atoms with E-state index >= 15 is 0 Å². The van der Waals surface area contributed by atoms with Gasteiger partial charge in [0, 0.05) is 41.8 Å². The Balaban J connectivity index is 1.62. The van der Waals surface area contributed by atoms with Crippen LogP contribution >= 0.6 is 0 Å². The minimum Gasteiger partial charge on any atom is -0.490 e. The molecular weight excluding hydrogens is 314 g/mol. The van der Waals surface area contributed by atoms with E-state index in [1.54, 1.807) is 0 Å². The molecule has 1 aliphatic heterocycles. The van der Waals surface area contributed by atoms with Gasteiger partial charge in [0.2, 0.25) is 0 Å². The van der Waals surface area contributed by atoms with Crippen molar-refractivity contribution in [1.29, 1.82) is 0 Å². The van der Waals surface area contributed by atoms with Crippen LogP contribution < -0.4 is 4.74 Å². The van der Waals surface area contributed by atoms with Crippen LogP contribution in [0.3, 0.4) is 0 Å². The highest BCUT2D eigenvalue weighted by Gasteiger charge is 2.29. The molecule has 5 heteroatoms. The third kappa shape index (κ3) is 3.71. The number of aromatic amines is 1. The summed E-state index contributed by atoms with van der Waals surface area (Å²) in [6.07, 6.45) is 6.62. The highest BCUT2D eigenvalue weighted by Crippen LogP contribution is 2.45. The summed E-state index contributed by atoms with van der Waals surface area (Å²) in [7, 11) is 0. The van der Waals surface area contributed by atoms with E-state index in [1.165, 1.54) is 18.4 Å². The van der Waals surface area contributed by atoms with Gasteiger partial charge in [0.15, 0.2) is 0 Å². The summed E-state index contributed by atoms with van der Waals surface area (Å²) in [5.74, 6) is 1.60. The maximum Gasteiger partial charge on any atom is 0.126 e. The van der Waals surface area contributed by atoms with Gasteiger partial charge < -0.3 is 9.47 Å². The smallest absolute Gasteiger partial charge is 0.126 e. The lowest BCUT2D eigenvalue weighted by Gasteiger charge is -2.24. The Morgan fingerprint density at radius 3 is 2.48 bits per heavy atom. The van der Waals surface area contributed by atoms with Gasteiger partial charge in [-0.05, 0) is 24.8 Å². The fourth-order valence-corrected chi connectivity index (χ4v) is 3.20. The summed E-state index contributed by atoms with van der Waals surface area (Å²) < 4.78 is 11.8. The predicted molar refractivity (Wildman–Crippen MR) is 97.0 cm³/mol. The number of hydrogen-bond acceptors (Lipinski definition) is 4. The first kappa shape index (κ1) is 16.6. The quantitative estimate of drug-likeness (QED) is 0.905. The van der Waals surface area contributed by atoms with E-state index in [1.807, 2.05) is 6.20 Å². The number of nitrogens with zero attached hydrogens (tertiary/aromatic N) is 2. The molecule has 0 bridgehead atoms. The number of aromatic nitrogens is 3. The van der Waals surface area contributed by atoms with E-state index in [-0.39, 0.29) is 11.5 Å². The lowest BCUT2D eigenvalue weighted by Crippen LogP contribution is -2.26. The van der Waals surface area contributed by atoms with Crippen molar-refractivity contribution in [1.82, 2.24) is 15.2 Å². The number of hydrogen-bond donors (Lipinski definition) is 1.